The molecule has 2 N–H and O–H groups in total. The molecular formula is C20H29N5OS. The number of carbonyl (C=O) groups excluding carboxylic acids is 1. The number of nitrogens with zero attached hydrogens (tertiary/aromatic N) is 3. The number of nitrogens with one attached hydrogen (secondary N) is 2. The van der Waals surface area contributed by atoms with Gasteiger partial charge in [-0.1, -0.05) is 36.8 Å². The van der Waals surface area contributed by atoms with Gasteiger partial charge in [0.05, 0.1) is 0 Å². The number of aryl methyl sites for hydroxylation is 1. The molecule has 1 saturated heterocycles. The second-order valence-electron chi connectivity index (χ2n) is 7.30. The van der Waals surface area contributed by atoms with Crippen molar-refractivity contribution in [1.29, 1.82) is 0 Å². The topological polar surface area (TPSA) is 66.0 Å². The van der Waals surface area contributed by atoms with Crippen LogP contribution >= 0.6 is 12.2 Å². The van der Waals surface area contributed by atoms with Crippen LogP contribution < -0.4 is 5.32 Å². The van der Waals surface area contributed by atoms with Gasteiger partial charge >= 0.3 is 0 Å². The minimum absolute atomic E-state index is 0.0851. The van der Waals surface area contributed by atoms with Crippen molar-refractivity contribution in [3.05, 3.63) is 34.6 Å². The number of aromatic amines is 1. The molecule has 0 aliphatic carbocycles. The predicted octanol–water partition coefficient (Wildman–Crippen LogP) is 3.30. The lowest BCUT2D eigenvalue weighted by molar-refractivity contribution is -0.122. The van der Waals surface area contributed by atoms with Crippen LogP contribution in [0.15, 0.2) is 24.3 Å². The monoisotopic (exact) mass is 387 g/mol. The fourth-order valence-corrected chi connectivity index (χ4v) is 3.80. The largest absolute Gasteiger partial charge is 0.353 e. The lowest BCUT2D eigenvalue weighted by atomic mass is 10.0. The molecule has 0 saturated carbocycles. The molecule has 1 aromatic heterocycles. The van der Waals surface area contributed by atoms with E-state index in [0.29, 0.717) is 23.8 Å². The third-order valence-electron chi connectivity index (χ3n) is 5.12. The summed E-state index contributed by atoms with van der Waals surface area (Å²) >= 11 is 5.36. The van der Waals surface area contributed by atoms with Gasteiger partial charge in [-0.3, -0.25) is 14.5 Å². The standard InChI is InChI=1S/C20H29N5OS/c1-3-11-24-12-8-17(9-13-24)21-18(26)10-14-25-19(22-23-20(25)27)16-6-4-15(2)5-7-16/h4-7,17H,3,8-14H2,1-2H3,(H,21,26)(H,23,27). The lowest BCUT2D eigenvalue weighted by Crippen LogP contribution is -2.44. The molecule has 3 rings (SSSR count). The Bertz CT molecular complexity index is 803. The molecule has 2 heterocycles. The fourth-order valence-electron chi connectivity index (χ4n) is 3.58. The zero-order valence-electron chi connectivity index (χ0n) is 16.2. The maximum absolute atomic E-state index is 12.4. The summed E-state index contributed by atoms with van der Waals surface area (Å²) in [6.07, 6.45) is 3.66. The summed E-state index contributed by atoms with van der Waals surface area (Å²) in [5, 5.41) is 10.4. The third kappa shape index (κ3) is 5.26. The Morgan fingerprint density at radius 1 is 1.26 bits per heavy atom. The summed E-state index contributed by atoms with van der Waals surface area (Å²) in [6.45, 7) is 8.09. The van der Waals surface area contributed by atoms with Crippen molar-refractivity contribution >= 4 is 18.1 Å². The van der Waals surface area contributed by atoms with E-state index in [1.165, 1.54) is 12.0 Å². The molecule has 0 atom stereocenters. The molecular weight excluding hydrogens is 358 g/mol. The highest BCUT2D eigenvalue weighted by Gasteiger charge is 2.20. The Morgan fingerprint density at radius 3 is 2.63 bits per heavy atom. The van der Waals surface area contributed by atoms with E-state index < -0.39 is 0 Å². The molecule has 1 amide bonds. The van der Waals surface area contributed by atoms with E-state index in [4.69, 9.17) is 12.2 Å². The van der Waals surface area contributed by atoms with Crippen LogP contribution in [0.2, 0.25) is 0 Å². The lowest BCUT2D eigenvalue weighted by Gasteiger charge is -2.32. The van der Waals surface area contributed by atoms with Gasteiger partial charge in [-0.05, 0) is 44.9 Å². The zero-order chi connectivity index (χ0) is 19.2. The second kappa shape index (κ2) is 9.28. The number of aromatic nitrogens is 3. The van der Waals surface area contributed by atoms with Gasteiger partial charge in [-0.2, -0.15) is 5.10 Å². The Labute approximate surface area is 166 Å². The molecule has 6 nitrogen and oxygen atoms in total. The average Bonchev–Trinajstić information content (AvgIpc) is 3.03. The Kier molecular flexibility index (Phi) is 6.79. The van der Waals surface area contributed by atoms with E-state index in [0.717, 1.165) is 43.9 Å². The van der Waals surface area contributed by atoms with Gasteiger partial charge in [0.15, 0.2) is 10.6 Å². The molecule has 146 valence electrons. The van der Waals surface area contributed by atoms with E-state index in [1.807, 2.05) is 16.7 Å². The molecule has 0 unspecified atom stereocenters. The second-order valence-corrected chi connectivity index (χ2v) is 7.69. The maximum atomic E-state index is 12.4. The van der Waals surface area contributed by atoms with E-state index in [2.05, 4.69) is 46.4 Å². The molecule has 2 aromatic rings. The van der Waals surface area contributed by atoms with Gasteiger partial charge in [0.1, 0.15) is 0 Å². The predicted molar refractivity (Wildman–Crippen MR) is 110 cm³/mol. The van der Waals surface area contributed by atoms with Gasteiger partial charge in [0, 0.05) is 37.7 Å². The minimum atomic E-state index is 0.0851. The Hall–Kier alpha value is -1.99. The number of H-pyrrole nitrogens is 1. The number of piperidine rings is 1. The number of rotatable bonds is 7. The molecule has 1 fully saturated rings. The third-order valence-corrected chi connectivity index (χ3v) is 5.43. The first-order chi connectivity index (χ1) is 13.1. The van der Waals surface area contributed by atoms with E-state index >= 15 is 0 Å². The molecule has 0 spiro atoms. The SMILES string of the molecule is CCCN1CCC(NC(=O)CCn2c(-c3ccc(C)cc3)n[nH]c2=S)CC1. The van der Waals surface area contributed by atoms with E-state index in [9.17, 15) is 4.79 Å². The maximum Gasteiger partial charge on any atom is 0.222 e. The molecule has 1 aliphatic heterocycles. The Morgan fingerprint density at radius 2 is 1.96 bits per heavy atom. The van der Waals surface area contributed by atoms with E-state index in [1.54, 1.807) is 0 Å². The summed E-state index contributed by atoms with van der Waals surface area (Å²) in [4.78, 5) is 14.9. The van der Waals surface area contributed by atoms with E-state index in [-0.39, 0.29) is 5.91 Å². The molecule has 1 aromatic carbocycles. The van der Waals surface area contributed by atoms with Crippen molar-refractivity contribution < 1.29 is 4.79 Å². The molecule has 7 heteroatoms. The highest BCUT2D eigenvalue weighted by molar-refractivity contribution is 7.71. The van der Waals surface area contributed by atoms with Crippen LogP contribution in [0, 0.1) is 11.7 Å². The number of benzene rings is 1. The molecule has 0 radical (unpaired) electrons. The van der Waals surface area contributed by atoms with Crippen LogP contribution in [0.4, 0.5) is 0 Å². The highest BCUT2D eigenvalue weighted by atomic mass is 32.1. The van der Waals surface area contributed by atoms with Crippen LogP contribution in [-0.2, 0) is 11.3 Å². The van der Waals surface area contributed by atoms with Crippen LogP contribution in [0.1, 0.15) is 38.2 Å². The summed E-state index contributed by atoms with van der Waals surface area (Å²) in [5.41, 5.74) is 2.19. The zero-order valence-corrected chi connectivity index (χ0v) is 17.0. The molecule has 1 aliphatic rings. The van der Waals surface area contributed by atoms with Crippen LogP contribution in [0.3, 0.4) is 0 Å². The van der Waals surface area contributed by atoms with Gasteiger partial charge in [0.25, 0.3) is 0 Å². The summed E-state index contributed by atoms with van der Waals surface area (Å²) < 4.78 is 2.45. The average molecular weight is 388 g/mol. The van der Waals surface area contributed by atoms with Gasteiger partial charge < -0.3 is 10.2 Å². The molecule has 0 bridgehead atoms. The number of hydrogen-bond donors (Lipinski definition) is 2. The van der Waals surface area contributed by atoms with Crippen molar-refractivity contribution in [3.8, 4) is 11.4 Å². The summed E-state index contributed by atoms with van der Waals surface area (Å²) in [6, 6.07) is 8.45. The normalized spacial score (nSPS) is 15.8. The highest BCUT2D eigenvalue weighted by Crippen LogP contribution is 2.18. The van der Waals surface area contributed by atoms with Crippen molar-refractivity contribution in [2.75, 3.05) is 19.6 Å². The van der Waals surface area contributed by atoms with Crippen LogP contribution in [0.25, 0.3) is 11.4 Å². The van der Waals surface area contributed by atoms with Crippen molar-refractivity contribution in [3.63, 3.8) is 0 Å². The Balaban J connectivity index is 1.54. The van der Waals surface area contributed by atoms with Crippen molar-refractivity contribution in [1.82, 2.24) is 25.0 Å². The van der Waals surface area contributed by atoms with Gasteiger partial charge in [0.2, 0.25) is 5.91 Å². The van der Waals surface area contributed by atoms with Crippen LogP contribution in [-0.4, -0.2) is 51.2 Å². The fraction of sp³-hybridized carbons (Fsp3) is 0.550. The quantitative estimate of drug-likeness (QED) is 0.716. The minimum Gasteiger partial charge on any atom is -0.353 e. The number of likely N-dealkylation sites (tertiary alicyclic amines) is 1. The molecule has 27 heavy (non-hydrogen) atoms. The van der Waals surface area contributed by atoms with Crippen molar-refractivity contribution in [2.24, 2.45) is 0 Å². The first-order valence-corrected chi connectivity index (χ1v) is 10.2. The van der Waals surface area contributed by atoms with Crippen molar-refractivity contribution in [2.45, 2.75) is 52.1 Å². The number of amides is 1. The summed E-state index contributed by atoms with van der Waals surface area (Å²) in [7, 11) is 0. The van der Waals surface area contributed by atoms with Gasteiger partial charge in [-0.25, -0.2) is 0 Å². The first kappa shape index (κ1) is 19.8. The smallest absolute Gasteiger partial charge is 0.222 e. The number of carbonyl (C=O) groups is 1. The number of hydrogen-bond acceptors (Lipinski definition) is 4. The first-order valence-electron chi connectivity index (χ1n) is 9.80. The van der Waals surface area contributed by atoms with Crippen LogP contribution in [0.5, 0.6) is 0 Å². The summed E-state index contributed by atoms with van der Waals surface area (Å²) in [5.74, 6) is 0.863. The van der Waals surface area contributed by atoms with Gasteiger partial charge in [-0.15, -0.1) is 0 Å².